The number of hydrogen-bond donors (Lipinski definition) is 2. The van der Waals surface area contributed by atoms with E-state index in [9.17, 15) is 18.5 Å². The molecule has 2 N–H and O–H groups in total. The number of nitro benzene ring substituents is 1. The molecule has 0 unspecified atom stereocenters. The van der Waals surface area contributed by atoms with Gasteiger partial charge < -0.3 is 0 Å². The molecule has 0 aliphatic heterocycles. The van der Waals surface area contributed by atoms with Gasteiger partial charge in [0.05, 0.1) is 16.0 Å². The van der Waals surface area contributed by atoms with Gasteiger partial charge in [-0.1, -0.05) is 11.6 Å². The number of rotatable bonds is 5. The van der Waals surface area contributed by atoms with Gasteiger partial charge in [0.1, 0.15) is 5.02 Å². The molecule has 0 amide bonds. The Morgan fingerprint density at radius 3 is 2.76 bits per heavy atom. The van der Waals surface area contributed by atoms with Gasteiger partial charge in [-0.05, 0) is 18.6 Å². The fraction of sp³-hybridized carbons (Fsp3) is 0.182. The molecule has 1 aromatic carbocycles. The number of aromatic nitrogens is 2. The highest BCUT2D eigenvalue weighted by Crippen LogP contribution is 2.30. The summed E-state index contributed by atoms with van der Waals surface area (Å²) in [5.41, 5.74) is 0.510. The number of sulfonamides is 1. The first-order valence-corrected chi connectivity index (χ1v) is 7.59. The summed E-state index contributed by atoms with van der Waals surface area (Å²) >= 11 is 5.74. The Bertz CT molecular complexity index is 774. The molecule has 0 saturated carbocycles. The lowest BCUT2D eigenvalue weighted by atomic mass is 10.2. The normalized spacial score (nSPS) is 11.5. The van der Waals surface area contributed by atoms with Crippen molar-refractivity contribution in [3.8, 4) is 0 Å². The average molecular weight is 331 g/mol. The number of benzene rings is 1. The van der Waals surface area contributed by atoms with Crippen molar-refractivity contribution in [1.29, 1.82) is 0 Å². The SMILES string of the molecule is Cc1cc(Cl)c([N+](=O)[O-])cc1S(=O)(=O)NCc1cn[nH]c1. The molecule has 0 aliphatic rings. The topological polar surface area (TPSA) is 118 Å². The van der Waals surface area contributed by atoms with Crippen LogP contribution in [0.5, 0.6) is 0 Å². The standard InChI is InChI=1S/C11H11ClN4O4S/c1-7-2-9(12)10(16(17)18)3-11(7)21(19,20)15-6-8-4-13-14-5-8/h2-5,15H,6H2,1H3,(H,13,14). The van der Waals surface area contributed by atoms with E-state index in [-0.39, 0.29) is 16.5 Å². The Morgan fingerprint density at radius 2 is 2.19 bits per heavy atom. The van der Waals surface area contributed by atoms with Crippen LogP contribution in [0, 0.1) is 17.0 Å². The van der Waals surface area contributed by atoms with Crippen molar-refractivity contribution in [3.05, 3.63) is 50.8 Å². The highest BCUT2D eigenvalue weighted by Gasteiger charge is 2.23. The molecule has 2 aromatic rings. The van der Waals surface area contributed by atoms with Gasteiger partial charge in [-0.2, -0.15) is 5.10 Å². The van der Waals surface area contributed by atoms with Crippen molar-refractivity contribution in [1.82, 2.24) is 14.9 Å². The van der Waals surface area contributed by atoms with E-state index in [2.05, 4.69) is 14.9 Å². The van der Waals surface area contributed by atoms with Gasteiger partial charge in [-0.3, -0.25) is 15.2 Å². The molecule has 112 valence electrons. The van der Waals surface area contributed by atoms with Crippen LogP contribution in [0.15, 0.2) is 29.4 Å². The van der Waals surface area contributed by atoms with Crippen LogP contribution in [-0.4, -0.2) is 23.5 Å². The Labute approximate surface area is 125 Å². The smallest absolute Gasteiger partial charge is 0.285 e. The monoisotopic (exact) mass is 330 g/mol. The molecule has 10 heteroatoms. The molecular weight excluding hydrogens is 320 g/mol. The van der Waals surface area contributed by atoms with Crippen LogP contribution in [0.1, 0.15) is 11.1 Å². The Balaban J connectivity index is 2.35. The molecule has 0 saturated heterocycles. The van der Waals surface area contributed by atoms with E-state index in [0.717, 1.165) is 6.07 Å². The molecule has 0 bridgehead atoms. The van der Waals surface area contributed by atoms with Crippen LogP contribution in [-0.2, 0) is 16.6 Å². The Kier molecular flexibility index (Phi) is 4.26. The maximum Gasteiger partial charge on any atom is 0.289 e. The van der Waals surface area contributed by atoms with Crippen molar-refractivity contribution in [2.24, 2.45) is 0 Å². The molecule has 0 atom stereocenters. The van der Waals surface area contributed by atoms with Crippen molar-refractivity contribution < 1.29 is 13.3 Å². The molecule has 0 radical (unpaired) electrons. The minimum atomic E-state index is -3.89. The molecule has 0 spiro atoms. The molecule has 1 heterocycles. The van der Waals surface area contributed by atoms with Gasteiger partial charge >= 0.3 is 0 Å². The lowest BCUT2D eigenvalue weighted by Gasteiger charge is -2.09. The first kappa shape index (κ1) is 15.4. The van der Waals surface area contributed by atoms with E-state index in [1.54, 1.807) is 6.20 Å². The average Bonchev–Trinajstić information content (AvgIpc) is 2.88. The van der Waals surface area contributed by atoms with Gasteiger partial charge in [0.25, 0.3) is 5.69 Å². The van der Waals surface area contributed by atoms with E-state index >= 15 is 0 Å². The summed E-state index contributed by atoms with van der Waals surface area (Å²) in [6.45, 7) is 1.54. The van der Waals surface area contributed by atoms with Crippen molar-refractivity contribution in [2.45, 2.75) is 18.4 Å². The molecule has 1 aromatic heterocycles. The van der Waals surface area contributed by atoms with Crippen LogP contribution in [0.3, 0.4) is 0 Å². The lowest BCUT2D eigenvalue weighted by molar-refractivity contribution is -0.384. The van der Waals surface area contributed by atoms with E-state index in [0.29, 0.717) is 11.1 Å². The van der Waals surface area contributed by atoms with E-state index < -0.39 is 20.6 Å². The number of halogens is 1. The highest BCUT2D eigenvalue weighted by molar-refractivity contribution is 7.89. The number of H-pyrrole nitrogens is 1. The first-order chi connectivity index (χ1) is 9.81. The second-order valence-electron chi connectivity index (χ2n) is 4.26. The fourth-order valence-electron chi connectivity index (χ4n) is 1.70. The molecule has 21 heavy (non-hydrogen) atoms. The number of aryl methyl sites for hydroxylation is 1. The summed E-state index contributed by atoms with van der Waals surface area (Å²) in [4.78, 5) is 9.95. The number of hydrogen-bond acceptors (Lipinski definition) is 5. The molecule has 8 nitrogen and oxygen atoms in total. The third-order valence-corrected chi connectivity index (χ3v) is 4.60. The van der Waals surface area contributed by atoms with Gasteiger partial charge in [-0.25, -0.2) is 13.1 Å². The number of nitrogens with one attached hydrogen (secondary N) is 2. The summed E-state index contributed by atoms with van der Waals surface area (Å²) in [5, 5.41) is 17.0. The zero-order chi connectivity index (χ0) is 15.6. The molecule has 0 aliphatic carbocycles. The van der Waals surface area contributed by atoms with Gasteiger partial charge in [0.2, 0.25) is 10.0 Å². The van der Waals surface area contributed by atoms with E-state index in [1.165, 1.54) is 19.2 Å². The highest BCUT2D eigenvalue weighted by atomic mass is 35.5. The summed E-state index contributed by atoms with van der Waals surface area (Å²) in [6.07, 6.45) is 3.01. The minimum absolute atomic E-state index is 0.0225. The molecular formula is C11H11ClN4O4S. The maximum atomic E-state index is 12.2. The lowest BCUT2D eigenvalue weighted by Crippen LogP contribution is -2.24. The number of aromatic amines is 1. The minimum Gasteiger partial charge on any atom is -0.285 e. The number of nitrogens with zero attached hydrogens (tertiary/aromatic N) is 2. The van der Waals surface area contributed by atoms with Crippen molar-refractivity contribution in [3.63, 3.8) is 0 Å². The van der Waals surface area contributed by atoms with Crippen LogP contribution in [0.4, 0.5) is 5.69 Å². The van der Waals surface area contributed by atoms with Gasteiger partial charge in [0, 0.05) is 24.4 Å². The van der Waals surface area contributed by atoms with Crippen molar-refractivity contribution in [2.75, 3.05) is 0 Å². The summed E-state index contributed by atoms with van der Waals surface area (Å²) in [7, 11) is -3.89. The van der Waals surface area contributed by atoms with Crippen LogP contribution in [0.2, 0.25) is 5.02 Å². The summed E-state index contributed by atoms with van der Waals surface area (Å²) < 4.78 is 26.8. The predicted molar refractivity (Wildman–Crippen MR) is 75.5 cm³/mol. The predicted octanol–water partition coefficient (Wildman–Crippen LogP) is 1.76. The van der Waals surface area contributed by atoms with E-state index in [1.807, 2.05) is 0 Å². The molecule has 2 rings (SSSR count). The van der Waals surface area contributed by atoms with Crippen LogP contribution >= 0.6 is 11.6 Å². The fourth-order valence-corrected chi connectivity index (χ4v) is 3.25. The van der Waals surface area contributed by atoms with E-state index in [4.69, 9.17) is 11.6 Å². The van der Waals surface area contributed by atoms with Gasteiger partial charge in [0.15, 0.2) is 0 Å². The largest absolute Gasteiger partial charge is 0.289 e. The zero-order valence-electron chi connectivity index (χ0n) is 10.8. The van der Waals surface area contributed by atoms with Crippen molar-refractivity contribution >= 4 is 27.3 Å². The maximum absolute atomic E-state index is 12.2. The Morgan fingerprint density at radius 1 is 1.48 bits per heavy atom. The summed E-state index contributed by atoms with van der Waals surface area (Å²) in [6, 6.07) is 2.21. The third-order valence-electron chi connectivity index (χ3n) is 2.75. The second-order valence-corrected chi connectivity index (χ2v) is 6.40. The van der Waals surface area contributed by atoms with Gasteiger partial charge in [-0.15, -0.1) is 0 Å². The third kappa shape index (κ3) is 3.38. The summed E-state index contributed by atoms with van der Waals surface area (Å²) in [5.74, 6) is 0. The quantitative estimate of drug-likeness (QED) is 0.639. The first-order valence-electron chi connectivity index (χ1n) is 5.73. The Hall–Kier alpha value is -1.97. The van der Waals surface area contributed by atoms with Crippen LogP contribution < -0.4 is 4.72 Å². The second kappa shape index (κ2) is 5.80. The van der Waals surface area contributed by atoms with Crippen LogP contribution in [0.25, 0.3) is 0 Å². The molecule has 0 fully saturated rings. The zero-order valence-corrected chi connectivity index (χ0v) is 12.4. The number of nitro groups is 1.